The maximum atomic E-state index is 10.3. The molecule has 0 aliphatic rings. The van der Waals surface area contributed by atoms with Gasteiger partial charge in [0.15, 0.2) is 0 Å². The van der Waals surface area contributed by atoms with Crippen molar-refractivity contribution in [1.29, 1.82) is 0 Å². The second-order valence-corrected chi connectivity index (χ2v) is 2.95. The third-order valence-electron chi connectivity index (χ3n) is 1.73. The van der Waals surface area contributed by atoms with Crippen molar-refractivity contribution in [3.63, 3.8) is 0 Å². The molecule has 0 aliphatic carbocycles. The molecule has 0 saturated carbocycles. The van der Waals surface area contributed by atoms with Crippen molar-refractivity contribution in [3.05, 3.63) is 35.9 Å². The zero-order chi connectivity index (χ0) is 10.4. The van der Waals surface area contributed by atoms with Crippen LogP contribution in [-0.4, -0.2) is 23.7 Å². The molecule has 3 N–H and O–H groups in total. The van der Waals surface area contributed by atoms with E-state index in [0.29, 0.717) is 6.61 Å². The molecule has 0 aromatic heterocycles. The lowest BCUT2D eigenvalue weighted by Gasteiger charge is -2.07. The van der Waals surface area contributed by atoms with Gasteiger partial charge in [0, 0.05) is 0 Å². The van der Waals surface area contributed by atoms with Crippen molar-refractivity contribution in [3.8, 4) is 0 Å². The number of hydrogen-bond donors (Lipinski definition) is 2. The summed E-state index contributed by atoms with van der Waals surface area (Å²) in [5.74, 6) is -1.04. The summed E-state index contributed by atoms with van der Waals surface area (Å²) >= 11 is 0. The molecular weight excluding hydrogens is 218 g/mol. The highest BCUT2D eigenvalue weighted by atomic mass is 35.5. The largest absolute Gasteiger partial charge is 0.480 e. The molecular formula is C10H14ClNO3. The topological polar surface area (TPSA) is 72.5 Å². The molecule has 5 heteroatoms. The standard InChI is InChI=1S/C10H13NO3.ClH/c11-9(10(12)13)7-14-6-8-4-2-1-3-5-8;/h1-5,9H,6-7,11H2,(H,12,13);1H/t9-;/m1./s1. The van der Waals surface area contributed by atoms with Crippen molar-refractivity contribution in [2.75, 3.05) is 6.61 Å². The normalized spacial score (nSPS) is 11.5. The van der Waals surface area contributed by atoms with Crippen LogP contribution in [0.25, 0.3) is 0 Å². The molecule has 0 amide bonds. The van der Waals surface area contributed by atoms with Gasteiger partial charge in [-0.2, -0.15) is 0 Å². The number of ether oxygens (including phenoxy) is 1. The van der Waals surface area contributed by atoms with E-state index in [2.05, 4.69) is 0 Å². The van der Waals surface area contributed by atoms with Gasteiger partial charge in [-0.3, -0.25) is 4.79 Å². The number of nitrogens with two attached hydrogens (primary N) is 1. The highest BCUT2D eigenvalue weighted by molar-refractivity contribution is 5.85. The first-order valence-electron chi connectivity index (χ1n) is 4.30. The molecule has 0 radical (unpaired) electrons. The van der Waals surface area contributed by atoms with E-state index in [4.69, 9.17) is 15.6 Å². The fraction of sp³-hybridized carbons (Fsp3) is 0.300. The number of carbonyl (C=O) groups is 1. The van der Waals surface area contributed by atoms with Crippen LogP contribution < -0.4 is 5.73 Å². The van der Waals surface area contributed by atoms with E-state index in [0.717, 1.165) is 5.56 Å². The van der Waals surface area contributed by atoms with E-state index >= 15 is 0 Å². The Morgan fingerprint density at radius 2 is 2.00 bits per heavy atom. The molecule has 1 aromatic carbocycles. The van der Waals surface area contributed by atoms with Crippen LogP contribution in [0.15, 0.2) is 30.3 Å². The van der Waals surface area contributed by atoms with Gasteiger partial charge in [-0.25, -0.2) is 0 Å². The van der Waals surface area contributed by atoms with Crippen LogP contribution in [-0.2, 0) is 16.1 Å². The molecule has 0 saturated heterocycles. The van der Waals surface area contributed by atoms with Gasteiger partial charge in [-0.15, -0.1) is 12.4 Å². The number of aliphatic carboxylic acids is 1. The fourth-order valence-corrected chi connectivity index (χ4v) is 0.949. The van der Waals surface area contributed by atoms with Gasteiger partial charge < -0.3 is 15.6 Å². The molecule has 15 heavy (non-hydrogen) atoms. The highest BCUT2D eigenvalue weighted by Crippen LogP contribution is 2.00. The van der Waals surface area contributed by atoms with Crippen LogP contribution in [0.5, 0.6) is 0 Å². The average Bonchev–Trinajstić information content (AvgIpc) is 2.19. The first kappa shape index (κ1) is 13.9. The van der Waals surface area contributed by atoms with Crippen LogP contribution >= 0.6 is 12.4 Å². The second kappa shape index (κ2) is 7.23. The zero-order valence-electron chi connectivity index (χ0n) is 8.13. The number of halogens is 1. The molecule has 1 atom stereocenters. The summed E-state index contributed by atoms with van der Waals surface area (Å²) in [6.07, 6.45) is 0. The molecule has 0 spiro atoms. The Balaban J connectivity index is 0.00000196. The molecule has 0 heterocycles. The van der Waals surface area contributed by atoms with E-state index in [1.807, 2.05) is 30.3 Å². The van der Waals surface area contributed by atoms with Gasteiger partial charge in [0.25, 0.3) is 0 Å². The minimum absolute atomic E-state index is 0. The Morgan fingerprint density at radius 3 is 2.53 bits per heavy atom. The van der Waals surface area contributed by atoms with E-state index in [1.165, 1.54) is 0 Å². The van der Waals surface area contributed by atoms with Crippen molar-refractivity contribution < 1.29 is 14.6 Å². The molecule has 4 nitrogen and oxygen atoms in total. The monoisotopic (exact) mass is 231 g/mol. The zero-order valence-corrected chi connectivity index (χ0v) is 8.94. The van der Waals surface area contributed by atoms with Crippen LogP contribution in [0.4, 0.5) is 0 Å². The smallest absolute Gasteiger partial charge is 0.322 e. The lowest BCUT2D eigenvalue weighted by atomic mass is 10.2. The SMILES string of the molecule is Cl.N[C@H](COCc1ccccc1)C(=O)O. The summed E-state index contributed by atoms with van der Waals surface area (Å²) in [7, 11) is 0. The molecule has 0 bridgehead atoms. The Labute approximate surface area is 94.5 Å². The summed E-state index contributed by atoms with van der Waals surface area (Å²) in [5, 5.41) is 8.47. The predicted molar refractivity (Wildman–Crippen MR) is 59.0 cm³/mol. The number of carboxylic acid groups (broad SMARTS) is 1. The highest BCUT2D eigenvalue weighted by Gasteiger charge is 2.10. The summed E-state index contributed by atoms with van der Waals surface area (Å²) in [6.45, 7) is 0.423. The van der Waals surface area contributed by atoms with Gasteiger partial charge in [0.1, 0.15) is 6.04 Å². The van der Waals surface area contributed by atoms with Gasteiger partial charge in [-0.05, 0) is 5.56 Å². The third-order valence-corrected chi connectivity index (χ3v) is 1.73. The van der Waals surface area contributed by atoms with Crippen molar-refractivity contribution in [1.82, 2.24) is 0 Å². The maximum absolute atomic E-state index is 10.3. The maximum Gasteiger partial charge on any atom is 0.322 e. The Morgan fingerprint density at radius 1 is 1.40 bits per heavy atom. The molecule has 1 aromatic rings. The van der Waals surface area contributed by atoms with Crippen molar-refractivity contribution in [2.45, 2.75) is 12.6 Å². The lowest BCUT2D eigenvalue weighted by Crippen LogP contribution is -2.34. The average molecular weight is 232 g/mol. The number of carboxylic acids is 1. The summed E-state index contributed by atoms with van der Waals surface area (Å²) in [5.41, 5.74) is 6.26. The van der Waals surface area contributed by atoms with E-state index in [9.17, 15) is 4.79 Å². The van der Waals surface area contributed by atoms with Crippen molar-refractivity contribution in [2.24, 2.45) is 5.73 Å². The molecule has 0 aliphatic heterocycles. The van der Waals surface area contributed by atoms with Gasteiger partial charge in [-0.1, -0.05) is 30.3 Å². The first-order chi connectivity index (χ1) is 6.70. The van der Waals surface area contributed by atoms with Crippen molar-refractivity contribution >= 4 is 18.4 Å². The predicted octanol–water partition coefficient (Wildman–Crippen LogP) is 1.04. The molecule has 84 valence electrons. The van der Waals surface area contributed by atoms with Crippen LogP contribution in [0, 0.1) is 0 Å². The van der Waals surface area contributed by atoms with E-state index < -0.39 is 12.0 Å². The van der Waals surface area contributed by atoms with E-state index in [-0.39, 0.29) is 19.0 Å². The summed E-state index contributed by atoms with van der Waals surface area (Å²) in [4.78, 5) is 10.3. The van der Waals surface area contributed by atoms with Crippen LogP contribution in [0.2, 0.25) is 0 Å². The molecule has 0 fully saturated rings. The quantitative estimate of drug-likeness (QED) is 0.794. The lowest BCUT2D eigenvalue weighted by molar-refractivity contribution is -0.140. The number of benzene rings is 1. The minimum Gasteiger partial charge on any atom is -0.480 e. The summed E-state index contributed by atoms with van der Waals surface area (Å²) < 4.78 is 5.14. The number of rotatable bonds is 5. The minimum atomic E-state index is -1.04. The Hall–Kier alpha value is -1.10. The number of hydrogen-bond acceptors (Lipinski definition) is 3. The van der Waals surface area contributed by atoms with E-state index in [1.54, 1.807) is 0 Å². The van der Waals surface area contributed by atoms with Gasteiger partial charge in [0.2, 0.25) is 0 Å². The molecule has 0 unspecified atom stereocenters. The van der Waals surface area contributed by atoms with Crippen LogP contribution in [0.3, 0.4) is 0 Å². The first-order valence-corrected chi connectivity index (χ1v) is 4.30. The van der Waals surface area contributed by atoms with Gasteiger partial charge >= 0.3 is 5.97 Å². The third kappa shape index (κ3) is 5.37. The fourth-order valence-electron chi connectivity index (χ4n) is 0.949. The summed E-state index contributed by atoms with van der Waals surface area (Å²) in [6, 6.07) is 8.58. The molecule has 1 rings (SSSR count). The second-order valence-electron chi connectivity index (χ2n) is 2.95. The Bertz CT molecular complexity index is 292. The van der Waals surface area contributed by atoms with Gasteiger partial charge in [0.05, 0.1) is 13.2 Å². The van der Waals surface area contributed by atoms with Crippen LogP contribution in [0.1, 0.15) is 5.56 Å². The Kier molecular flexibility index (Phi) is 6.70.